The molecule has 2 unspecified atom stereocenters. The van der Waals surface area contributed by atoms with Crippen molar-refractivity contribution in [2.45, 2.75) is 58.3 Å². The Hall–Kier alpha value is -1.06. The average Bonchev–Trinajstić information content (AvgIpc) is 2.45. The SMILES string of the molecule is CCNC(c1cccc(OC(C)C)c1)C1CCCCO1. The summed E-state index contributed by atoms with van der Waals surface area (Å²) in [4.78, 5) is 0. The second-order valence-corrected chi connectivity index (χ2v) is 5.68. The summed E-state index contributed by atoms with van der Waals surface area (Å²) in [7, 11) is 0. The van der Waals surface area contributed by atoms with Crippen molar-refractivity contribution < 1.29 is 9.47 Å². The van der Waals surface area contributed by atoms with Gasteiger partial charge < -0.3 is 14.8 Å². The first-order chi connectivity index (χ1) is 9.70. The van der Waals surface area contributed by atoms with Crippen LogP contribution in [-0.2, 0) is 4.74 Å². The monoisotopic (exact) mass is 277 g/mol. The van der Waals surface area contributed by atoms with E-state index >= 15 is 0 Å². The van der Waals surface area contributed by atoms with Gasteiger partial charge in [0.25, 0.3) is 0 Å². The minimum absolute atomic E-state index is 0.203. The first-order valence-electron chi connectivity index (χ1n) is 7.82. The van der Waals surface area contributed by atoms with E-state index in [-0.39, 0.29) is 18.2 Å². The van der Waals surface area contributed by atoms with Gasteiger partial charge in [0, 0.05) is 6.61 Å². The number of likely N-dealkylation sites (N-methyl/N-ethyl adjacent to an activating group) is 1. The van der Waals surface area contributed by atoms with Crippen LogP contribution < -0.4 is 10.1 Å². The maximum absolute atomic E-state index is 5.96. The van der Waals surface area contributed by atoms with Gasteiger partial charge in [0.1, 0.15) is 5.75 Å². The van der Waals surface area contributed by atoms with Crippen LogP contribution in [0.5, 0.6) is 5.75 Å². The number of hydrogen-bond acceptors (Lipinski definition) is 3. The Balaban J connectivity index is 2.15. The number of rotatable bonds is 6. The van der Waals surface area contributed by atoms with Crippen LogP contribution in [0.4, 0.5) is 0 Å². The molecule has 0 saturated carbocycles. The molecule has 0 radical (unpaired) electrons. The number of nitrogens with one attached hydrogen (secondary N) is 1. The van der Waals surface area contributed by atoms with Crippen LogP contribution in [0.3, 0.4) is 0 Å². The van der Waals surface area contributed by atoms with E-state index in [2.05, 4.69) is 44.3 Å². The van der Waals surface area contributed by atoms with Crippen LogP contribution >= 0.6 is 0 Å². The van der Waals surface area contributed by atoms with E-state index in [4.69, 9.17) is 9.47 Å². The summed E-state index contributed by atoms with van der Waals surface area (Å²) in [6, 6.07) is 8.66. The van der Waals surface area contributed by atoms with E-state index in [1.165, 1.54) is 18.4 Å². The van der Waals surface area contributed by atoms with Crippen molar-refractivity contribution in [3.63, 3.8) is 0 Å². The highest BCUT2D eigenvalue weighted by molar-refractivity contribution is 5.31. The van der Waals surface area contributed by atoms with Gasteiger partial charge in [0.05, 0.1) is 18.2 Å². The number of ether oxygens (including phenoxy) is 2. The van der Waals surface area contributed by atoms with E-state index in [1.54, 1.807) is 0 Å². The van der Waals surface area contributed by atoms with Crippen molar-refractivity contribution >= 4 is 0 Å². The van der Waals surface area contributed by atoms with Gasteiger partial charge >= 0.3 is 0 Å². The molecule has 2 atom stereocenters. The first kappa shape index (κ1) is 15.3. The van der Waals surface area contributed by atoms with Gasteiger partial charge in [-0.2, -0.15) is 0 Å². The van der Waals surface area contributed by atoms with Crippen molar-refractivity contribution in [1.82, 2.24) is 5.32 Å². The van der Waals surface area contributed by atoms with Crippen molar-refractivity contribution in [3.05, 3.63) is 29.8 Å². The fourth-order valence-corrected chi connectivity index (χ4v) is 2.77. The van der Waals surface area contributed by atoms with Crippen LogP contribution in [-0.4, -0.2) is 25.4 Å². The van der Waals surface area contributed by atoms with Crippen LogP contribution in [0.2, 0.25) is 0 Å². The van der Waals surface area contributed by atoms with Crippen molar-refractivity contribution in [1.29, 1.82) is 0 Å². The lowest BCUT2D eigenvalue weighted by atomic mass is 9.95. The van der Waals surface area contributed by atoms with Gasteiger partial charge in [0.15, 0.2) is 0 Å². The van der Waals surface area contributed by atoms with E-state index in [1.807, 2.05) is 6.07 Å². The molecule has 3 heteroatoms. The lowest BCUT2D eigenvalue weighted by Crippen LogP contribution is -2.36. The zero-order chi connectivity index (χ0) is 14.4. The lowest BCUT2D eigenvalue weighted by molar-refractivity contribution is -0.00790. The normalized spacial score (nSPS) is 20.9. The zero-order valence-electron chi connectivity index (χ0n) is 12.9. The standard InChI is InChI=1S/C17H27NO2/c1-4-18-17(16-10-5-6-11-19-16)14-8-7-9-15(12-14)20-13(2)3/h7-9,12-13,16-18H,4-6,10-11H2,1-3H3. The summed E-state index contributed by atoms with van der Waals surface area (Å²) in [5.41, 5.74) is 1.26. The summed E-state index contributed by atoms with van der Waals surface area (Å²) in [5, 5.41) is 3.57. The largest absolute Gasteiger partial charge is 0.491 e. The molecule has 2 rings (SSSR count). The third kappa shape index (κ3) is 4.22. The van der Waals surface area contributed by atoms with Crippen LogP contribution in [0.1, 0.15) is 51.6 Å². The Morgan fingerprint density at radius 2 is 2.20 bits per heavy atom. The Morgan fingerprint density at radius 3 is 2.85 bits per heavy atom. The Morgan fingerprint density at radius 1 is 1.35 bits per heavy atom. The smallest absolute Gasteiger partial charge is 0.120 e. The minimum Gasteiger partial charge on any atom is -0.491 e. The second kappa shape index (κ2) is 7.65. The second-order valence-electron chi connectivity index (χ2n) is 5.68. The number of benzene rings is 1. The van der Waals surface area contributed by atoms with E-state index in [0.29, 0.717) is 0 Å². The molecule has 0 aromatic heterocycles. The van der Waals surface area contributed by atoms with Gasteiger partial charge in [0.2, 0.25) is 0 Å². The molecule has 1 aromatic carbocycles. The van der Waals surface area contributed by atoms with Crippen LogP contribution in [0.25, 0.3) is 0 Å². The van der Waals surface area contributed by atoms with Gasteiger partial charge in [-0.3, -0.25) is 0 Å². The zero-order valence-corrected chi connectivity index (χ0v) is 12.9. The Kier molecular flexibility index (Phi) is 5.86. The first-order valence-corrected chi connectivity index (χ1v) is 7.82. The fourth-order valence-electron chi connectivity index (χ4n) is 2.77. The summed E-state index contributed by atoms with van der Waals surface area (Å²) < 4.78 is 11.8. The van der Waals surface area contributed by atoms with Gasteiger partial charge in [-0.05, 0) is 57.4 Å². The highest BCUT2D eigenvalue weighted by Gasteiger charge is 2.25. The Labute approximate surface area is 122 Å². The summed E-state index contributed by atoms with van der Waals surface area (Å²) in [6.45, 7) is 8.08. The molecule has 20 heavy (non-hydrogen) atoms. The highest BCUT2D eigenvalue weighted by Crippen LogP contribution is 2.28. The molecule has 1 fully saturated rings. The molecular weight excluding hydrogens is 250 g/mol. The maximum Gasteiger partial charge on any atom is 0.120 e. The quantitative estimate of drug-likeness (QED) is 0.860. The molecule has 1 saturated heterocycles. The molecule has 0 spiro atoms. The summed E-state index contributed by atoms with van der Waals surface area (Å²) in [5.74, 6) is 0.941. The molecule has 0 aliphatic carbocycles. The van der Waals surface area contributed by atoms with Crippen LogP contribution in [0, 0.1) is 0 Å². The third-order valence-corrected chi connectivity index (χ3v) is 3.60. The predicted molar refractivity (Wildman–Crippen MR) is 82.2 cm³/mol. The van der Waals surface area contributed by atoms with E-state index in [0.717, 1.165) is 25.3 Å². The topological polar surface area (TPSA) is 30.5 Å². The van der Waals surface area contributed by atoms with Gasteiger partial charge in [-0.1, -0.05) is 19.1 Å². The molecule has 112 valence electrons. The van der Waals surface area contributed by atoms with Crippen molar-refractivity contribution in [2.24, 2.45) is 0 Å². The fraction of sp³-hybridized carbons (Fsp3) is 0.647. The summed E-state index contributed by atoms with van der Waals surface area (Å²) in [6.07, 6.45) is 4.06. The molecular formula is C17H27NO2. The predicted octanol–water partition coefficient (Wildman–Crippen LogP) is 3.69. The molecule has 3 nitrogen and oxygen atoms in total. The van der Waals surface area contributed by atoms with E-state index in [9.17, 15) is 0 Å². The number of hydrogen-bond donors (Lipinski definition) is 1. The summed E-state index contributed by atoms with van der Waals surface area (Å²) >= 11 is 0. The van der Waals surface area contributed by atoms with Crippen molar-refractivity contribution in [2.75, 3.05) is 13.2 Å². The maximum atomic E-state index is 5.96. The molecule has 1 aliphatic heterocycles. The lowest BCUT2D eigenvalue weighted by Gasteiger charge is -2.31. The third-order valence-electron chi connectivity index (χ3n) is 3.60. The molecule has 1 aliphatic rings. The Bertz CT molecular complexity index is 400. The molecule has 1 heterocycles. The average molecular weight is 277 g/mol. The highest BCUT2D eigenvalue weighted by atomic mass is 16.5. The molecule has 1 N–H and O–H groups in total. The molecule has 0 amide bonds. The molecule has 1 aromatic rings. The molecule has 0 bridgehead atoms. The van der Waals surface area contributed by atoms with E-state index < -0.39 is 0 Å². The minimum atomic E-state index is 0.203. The van der Waals surface area contributed by atoms with Gasteiger partial charge in [-0.25, -0.2) is 0 Å². The van der Waals surface area contributed by atoms with Crippen molar-refractivity contribution in [3.8, 4) is 5.75 Å². The van der Waals surface area contributed by atoms with Gasteiger partial charge in [-0.15, -0.1) is 0 Å². The van der Waals surface area contributed by atoms with Crippen LogP contribution in [0.15, 0.2) is 24.3 Å².